The average molecular weight is 320 g/mol. The van der Waals surface area contributed by atoms with Gasteiger partial charge < -0.3 is 4.74 Å². The molecule has 0 spiro atoms. The monoisotopic (exact) mass is 320 g/mol. The molecule has 1 aromatic heterocycles. The predicted molar refractivity (Wildman–Crippen MR) is 85.4 cm³/mol. The molecule has 1 unspecified atom stereocenters. The topological polar surface area (TPSA) is 68.3 Å². The maximum absolute atomic E-state index is 12.7. The summed E-state index contributed by atoms with van der Waals surface area (Å²) in [5, 5.41) is 0. The van der Waals surface area contributed by atoms with Gasteiger partial charge in [0.05, 0.1) is 12.0 Å². The maximum atomic E-state index is 12.7. The highest BCUT2D eigenvalue weighted by atomic mass is 32.2. The molecule has 0 fully saturated rings. The number of benzene rings is 1. The van der Waals surface area contributed by atoms with E-state index in [0.29, 0.717) is 21.8 Å². The first-order valence-corrected chi connectivity index (χ1v) is 8.41. The van der Waals surface area contributed by atoms with Crippen LogP contribution in [0.1, 0.15) is 29.7 Å². The lowest BCUT2D eigenvalue weighted by molar-refractivity contribution is 0.413. The zero-order chi connectivity index (χ0) is 16.3. The number of aryl methyl sites for hydroxylation is 2. The third kappa shape index (κ3) is 3.45. The maximum Gasteiger partial charge on any atom is 0.241 e. The smallest absolute Gasteiger partial charge is 0.241 e. The molecule has 0 aliphatic heterocycles. The first kappa shape index (κ1) is 16.5. The van der Waals surface area contributed by atoms with Crippen molar-refractivity contribution >= 4 is 10.0 Å². The van der Waals surface area contributed by atoms with Gasteiger partial charge in [-0.2, -0.15) is 0 Å². The van der Waals surface area contributed by atoms with Gasteiger partial charge in [-0.1, -0.05) is 0 Å². The number of nitrogens with zero attached hydrogens (tertiary/aromatic N) is 1. The van der Waals surface area contributed by atoms with E-state index in [4.69, 9.17) is 4.74 Å². The van der Waals surface area contributed by atoms with Crippen LogP contribution in [0.5, 0.6) is 5.75 Å². The highest BCUT2D eigenvalue weighted by molar-refractivity contribution is 7.89. The van der Waals surface area contributed by atoms with E-state index in [0.717, 1.165) is 5.56 Å². The lowest BCUT2D eigenvalue weighted by Gasteiger charge is -2.18. The van der Waals surface area contributed by atoms with Gasteiger partial charge in [-0.25, -0.2) is 13.1 Å². The fraction of sp³-hybridized carbons (Fsp3) is 0.312. The number of pyridine rings is 1. The Hall–Kier alpha value is -1.92. The number of hydrogen-bond acceptors (Lipinski definition) is 4. The Morgan fingerprint density at radius 1 is 1.14 bits per heavy atom. The molecule has 1 N–H and O–H groups in total. The van der Waals surface area contributed by atoms with Crippen molar-refractivity contribution in [3.8, 4) is 5.75 Å². The number of aromatic nitrogens is 1. The molecule has 0 bridgehead atoms. The van der Waals surface area contributed by atoms with E-state index in [2.05, 4.69) is 9.71 Å². The number of ether oxygens (including phenoxy) is 1. The summed E-state index contributed by atoms with van der Waals surface area (Å²) >= 11 is 0. The SMILES string of the molecule is COc1cc(C)c(S(=O)(=O)NC(C)c2ccncc2)c(C)c1. The first-order valence-electron chi connectivity index (χ1n) is 6.92. The number of sulfonamides is 1. The fourth-order valence-electron chi connectivity index (χ4n) is 2.46. The number of nitrogens with one attached hydrogen (secondary N) is 1. The summed E-state index contributed by atoms with van der Waals surface area (Å²) < 4.78 is 33.3. The quantitative estimate of drug-likeness (QED) is 0.920. The molecular formula is C16H20N2O3S. The first-order chi connectivity index (χ1) is 10.3. The van der Waals surface area contributed by atoms with Crippen LogP contribution in [0.3, 0.4) is 0 Å². The zero-order valence-electron chi connectivity index (χ0n) is 13.1. The van der Waals surface area contributed by atoms with Gasteiger partial charge in [-0.15, -0.1) is 0 Å². The third-order valence-corrected chi connectivity index (χ3v) is 5.32. The van der Waals surface area contributed by atoms with Gasteiger partial charge in [0, 0.05) is 18.4 Å². The van der Waals surface area contributed by atoms with Crippen molar-refractivity contribution in [2.75, 3.05) is 7.11 Å². The largest absolute Gasteiger partial charge is 0.497 e. The van der Waals surface area contributed by atoms with Gasteiger partial charge in [0.1, 0.15) is 5.75 Å². The molecular weight excluding hydrogens is 300 g/mol. The van der Waals surface area contributed by atoms with Gasteiger partial charge in [0.25, 0.3) is 0 Å². The molecule has 5 nitrogen and oxygen atoms in total. The van der Waals surface area contributed by atoms with Crippen LogP contribution in [0.25, 0.3) is 0 Å². The van der Waals surface area contributed by atoms with E-state index in [1.54, 1.807) is 64.5 Å². The lowest BCUT2D eigenvalue weighted by atomic mass is 10.1. The van der Waals surface area contributed by atoms with Gasteiger partial charge in [-0.3, -0.25) is 4.98 Å². The second-order valence-electron chi connectivity index (χ2n) is 5.21. The molecule has 1 atom stereocenters. The van der Waals surface area contributed by atoms with Crippen LogP contribution in [0.4, 0.5) is 0 Å². The Morgan fingerprint density at radius 3 is 2.18 bits per heavy atom. The number of methoxy groups -OCH3 is 1. The van der Waals surface area contributed by atoms with Gasteiger partial charge >= 0.3 is 0 Å². The second kappa shape index (κ2) is 6.46. The molecule has 0 aliphatic rings. The van der Waals surface area contributed by atoms with Gasteiger partial charge in [-0.05, 0) is 61.7 Å². The molecule has 118 valence electrons. The normalized spacial score (nSPS) is 12.9. The van der Waals surface area contributed by atoms with Crippen LogP contribution >= 0.6 is 0 Å². The Kier molecular flexibility index (Phi) is 4.83. The van der Waals surface area contributed by atoms with Crippen molar-refractivity contribution in [3.63, 3.8) is 0 Å². The molecule has 0 radical (unpaired) electrons. The van der Waals surface area contributed by atoms with Crippen molar-refractivity contribution < 1.29 is 13.2 Å². The van der Waals surface area contributed by atoms with Crippen LogP contribution in [-0.4, -0.2) is 20.5 Å². The molecule has 1 aromatic carbocycles. The van der Waals surface area contributed by atoms with Crippen molar-refractivity contribution in [2.24, 2.45) is 0 Å². The molecule has 22 heavy (non-hydrogen) atoms. The highest BCUT2D eigenvalue weighted by Gasteiger charge is 2.23. The average Bonchev–Trinajstić information content (AvgIpc) is 2.46. The fourth-order valence-corrected chi connectivity index (χ4v) is 4.15. The standard InChI is InChI=1S/C16H20N2O3S/c1-11-9-15(21-4)10-12(2)16(11)22(19,20)18-13(3)14-5-7-17-8-6-14/h5-10,13,18H,1-4H3. The number of rotatable bonds is 5. The highest BCUT2D eigenvalue weighted by Crippen LogP contribution is 2.26. The summed E-state index contributed by atoms with van der Waals surface area (Å²) in [6.07, 6.45) is 3.29. The minimum absolute atomic E-state index is 0.300. The summed E-state index contributed by atoms with van der Waals surface area (Å²) in [7, 11) is -2.06. The predicted octanol–water partition coefficient (Wildman–Crippen LogP) is 2.75. The van der Waals surface area contributed by atoms with Crippen molar-refractivity contribution in [2.45, 2.75) is 31.7 Å². The van der Waals surface area contributed by atoms with Crippen molar-refractivity contribution in [1.82, 2.24) is 9.71 Å². The van der Waals surface area contributed by atoms with E-state index in [1.807, 2.05) is 0 Å². The summed E-state index contributed by atoms with van der Waals surface area (Å²) in [5.74, 6) is 0.649. The summed E-state index contributed by atoms with van der Waals surface area (Å²) in [6.45, 7) is 5.34. The van der Waals surface area contributed by atoms with Crippen LogP contribution < -0.4 is 9.46 Å². The minimum Gasteiger partial charge on any atom is -0.497 e. The third-order valence-electron chi connectivity index (χ3n) is 3.48. The molecule has 0 saturated carbocycles. The zero-order valence-corrected chi connectivity index (χ0v) is 13.9. The van der Waals surface area contributed by atoms with Crippen LogP contribution in [0, 0.1) is 13.8 Å². The van der Waals surface area contributed by atoms with E-state index < -0.39 is 10.0 Å². The Bertz CT molecular complexity index is 735. The minimum atomic E-state index is -3.62. The Labute approximate surface area is 131 Å². The molecule has 0 amide bonds. The Balaban J connectivity index is 2.35. The van der Waals surface area contributed by atoms with Crippen LogP contribution in [-0.2, 0) is 10.0 Å². The van der Waals surface area contributed by atoms with E-state index in [1.165, 1.54) is 0 Å². The lowest BCUT2D eigenvalue weighted by Crippen LogP contribution is -2.28. The van der Waals surface area contributed by atoms with E-state index >= 15 is 0 Å². The van der Waals surface area contributed by atoms with Crippen molar-refractivity contribution in [1.29, 1.82) is 0 Å². The van der Waals surface area contributed by atoms with Crippen LogP contribution in [0.2, 0.25) is 0 Å². The van der Waals surface area contributed by atoms with Crippen LogP contribution in [0.15, 0.2) is 41.6 Å². The molecule has 6 heteroatoms. The molecule has 0 aliphatic carbocycles. The summed E-state index contributed by atoms with van der Waals surface area (Å²) in [5.41, 5.74) is 2.18. The number of hydrogen-bond donors (Lipinski definition) is 1. The van der Waals surface area contributed by atoms with E-state index in [9.17, 15) is 8.42 Å². The van der Waals surface area contributed by atoms with E-state index in [-0.39, 0.29) is 6.04 Å². The molecule has 2 aromatic rings. The molecule has 0 saturated heterocycles. The second-order valence-corrected chi connectivity index (χ2v) is 6.86. The summed E-state index contributed by atoms with van der Waals surface area (Å²) in [4.78, 5) is 4.24. The van der Waals surface area contributed by atoms with Gasteiger partial charge in [0.15, 0.2) is 0 Å². The summed E-state index contributed by atoms with van der Waals surface area (Å²) in [6, 6.07) is 6.69. The van der Waals surface area contributed by atoms with Crippen molar-refractivity contribution in [3.05, 3.63) is 53.3 Å². The Morgan fingerprint density at radius 2 is 1.68 bits per heavy atom. The molecule has 2 rings (SSSR count). The van der Waals surface area contributed by atoms with Gasteiger partial charge in [0.2, 0.25) is 10.0 Å². The molecule has 1 heterocycles.